The number of aliphatic hydroxyl groups excluding tert-OH is 1. The van der Waals surface area contributed by atoms with Crippen LogP contribution in [0, 0.1) is 0 Å². The zero-order valence-corrected chi connectivity index (χ0v) is 17.4. The Hall–Kier alpha value is -1.49. The quantitative estimate of drug-likeness (QED) is 0.376. The van der Waals surface area contributed by atoms with Crippen molar-refractivity contribution >= 4 is 47.2 Å². The first-order chi connectivity index (χ1) is 12.6. The molecule has 6 nitrogen and oxygen atoms in total. The van der Waals surface area contributed by atoms with Gasteiger partial charge in [0.05, 0.1) is 15.8 Å². The molecule has 8 heteroatoms. The number of rotatable bonds is 8. The molecule has 1 aromatic heterocycles. The Balaban J connectivity index is 1.72. The summed E-state index contributed by atoms with van der Waals surface area (Å²) in [6.45, 7) is 0.367. The number of ether oxygens (including phenoxy) is 1. The van der Waals surface area contributed by atoms with Crippen LogP contribution in [0.25, 0.3) is 22.6 Å². The minimum Gasteiger partial charge on any atom is -0.491 e. The molecule has 0 aliphatic carbocycles. The second-order valence-corrected chi connectivity index (χ2v) is 7.34. The number of halogens is 1. The summed E-state index contributed by atoms with van der Waals surface area (Å²) in [5.74, 6) is 1.19. The summed E-state index contributed by atoms with van der Waals surface area (Å²) in [5, 5.41) is 9.76. The predicted molar refractivity (Wildman–Crippen MR) is 113 cm³/mol. The number of oxazole rings is 1. The number of aromatic nitrogens is 1. The van der Waals surface area contributed by atoms with E-state index < -0.39 is 6.10 Å². The van der Waals surface area contributed by atoms with E-state index in [1.54, 1.807) is 12.1 Å². The zero-order chi connectivity index (χ0) is 18.5. The number of fused-ring (bicyclic) bond motifs is 1. The lowest BCUT2D eigenvalue weighted by Crippen LogP contribution is -2.21. The molecule has 1 heterocycles. The predicted octanol–water partition coefficient (Wildman–Crippen LogP) is 4.32. The molecule has 0 fully saturated rings. The molecular weight excluding hydrogens is 467 g/mol. The third-order valence-electron chi connectivity index (χ3n) is 3.74. The lowest BCUT2D eigenvalue weighted by atomic mass is 10.2. The summed E-state index contributed by atoms with van der Waals surface area (Å²) in [4.78, 5) is 6.58. The highest BCUT2D eigenvalue weighted by atomic mass is 127. The van der Waals surface area contributed by atoms with Crippen molar-refractivity contribution in [3.8, 4) is 17.2 Å². The van der Waals surface area contributed by atoms with Gasteiger partial charge in [-0.25, -0.2) is 4.98 Å². The van der Waals surface area contributed by atoms with E-state index in [2.05, 4.69) is 4.98 Å². The molecule has 0 aliphatic heterocycles. The van der Waals surface area contributed by atoms with Crippen LogP contribution in [-0.4, -0.2) is 43.5 Å². The molecule has 26 heavy (non-hydrogen) atoms. The highest BCUT2D eigenvalue weighted by molar-refractivity contribution is 14.2. The van der Waals surface area contributed by atoms with E-state index in [-0.39, 0.29) is 13.2 Å². The maximum absolute atomic E-state index is 9.76. The molecule has 2 aromatic carbocycles. The fourth-order valence-electron chi connectivity index (χ4n) is 2.37. The van der Waals surface area contributed by atoms with E-state index in [4.69, 9.17) is 13.3 Å². The van der Waals surface area contributed by atoms with Crippen LogP contribution in [0.4, 0.5) is 5.69 Å². The molecule has 0 aliphatic rings. The topological polar surface area (TPSA) is 68.0 Å². The van der Waals surface area contributed by atoms with Gasteiger partial charge in [-0.2, -0.15) is 0 Å². The van der Waals surface area contributed by atoms with Crippen molar-refractivity contribution in [1.29, 1.82) is 0 Å². The molecule has 3 aromatic rings. The third kappa shape index (κ3) is 4.81. The highest BCUT2D eigenvalue weighted by Gasteiger charge is 2.11. The normalized spacial score (nSPS) is 12.3. The van der Waals surface area contributed by atoms with Gasteiger partial charge in [0.2, 0.25) is 5.89 Å². The first kappa shape index (κ1) is 19.3. The minimum atomic E-state index is -0.684. The van der Waals surface area contributed by atoms with Crippen LogP contribution < -0.4 is 9.64 Å². The van der Waals surface area contributed by atoms with Crippen LogP contribution in [0.3, 0.4) is 0 Å². The van der Waals surface area contributed by atoms with Crippen molar-refractivity contribution in [3.05, 3.63) is 42.5 Å². The summed E-state index contributed by atoms with van der Waals surface area (Å²) in [5.41, 5.74) is 3.43. The Morgan fingerprint density at radius 1 is 1.19 bits per heavy atom. The van der Waals surface area contributed by atoms with Crippen molar-refractivity contribution < 1.29 is 18.4 Å². The number of hydrogen-bond acceptors (Lipinski definition) is 7. The van der Waals surface area contributed by atoms with Crippen molar-refractivity contribution in [3.63, 3.8) is 0 Å². The zero-order valence-electron chi connectivity index (χ0n) is 14.4. The number of nitrogens with zero attached hydrogens (tertiary/aromatic N) is 2. The number of aliphatic hydroxyl groups is 1. The van der Waals surface area contributed by atoms with E-state index in [9.17, 15) is 5.11 Å². The van der Waals surface area contributed by atoms with E-state index in [1.165, 1.54) is 9.21 Å². The van der Waals surface area contributed by atoms with Crippen molar-refractivity contribution in [2.75, 3.05) is 32.2 Å². The molecule has 0 spiro atoms. The SMILES string of the molecule is CN(C)c1ccc(-c2nc3cc(OC[C@H](O)COSI)ccc3o2)cc1. The average Bonchev–Trinajstić information content (AvgIpc) is 3.08. The molecule has 3 rings (SSSR count). The lowest BCUT2D eigenvalue weighted by Gasteiger charge is -2.11. The van der Waals surface area contributed by atoms with Crippen molar-refractivity contribution in [1.82, 2.24) is 4.98 Å². The van der Waals surface area contributed by atoms with Crippen molar-refractivity contribution in [2.24, 2.45) is 0 Å². The van der Waals surface area contributed by atoms with E-state index in [1.807, 2.05) is 70.5 Å². The second kappa shape index (κ2) is 8.94. The molecular formula is C18H19IN2O4S. The van der Waals surface area contributed by atoms with Crippen molar-refractivity contribution in [2.45, 2.75) is 6.10 Å². The Bertz CT molecular complexity index is 854. The highest BCUT2D eigenvalue weighted by Crippen LogP contribution is 2.28. The van der Waals surface area contributed by atoms with Gasteiger partial charge in [0.1, 0.15) is 24.0 Å². The third-order valence-corrected chi connectivity index (χ3v) is 4.73. The number of hydrogen-bond donors (Lipinski definition) is 1. The molecule has 0 saturated carbocycles. The standard InChI is InChI=1S/C18H19IN2O4S/c1-21(2)13-5-3-12(4-6-13)18-20-16-9-15(7-8-17(16)25-18)23-10-14(22)11-24-26-19/h3-9,14,22H,10-11H2,1-2H3/t14-/m0/s1. The van der Waals surface area contributed by atoms with Crippen LogP contribution in [0.15, 0.2) is 46.9 Å². The molecule has 1 N–H and O–H groups in total. The molecule has 0 amide bonds. The van der Waals surface area contributed by atoms with Crippen LogP contribution in [0.5, 0.6) is 5.75 Å². The molecule has 0 unspecified atom stereocenters. The van der Waals surface area contributed by atoms with Gasteiger partial charge in [-0.05, 0) is 36.4 Å². The van der Waals surface area contributed by atoms with Gasteiger partial charge in [-0.1, -0.05) is 0 Å². The Labute approximate surface area is 168 Å². The smallest absolute Gasteiger partial charge is 0.227 e. The van der Waals surface area contributed by atoms with Crippen LogP contribution in [0.1, 0.15) is 0 Å². The van der Waals surface area contributed by atoms with Gasteiger partial charge in [0.25, 0.3) is 0 Å². The fraction of sp³-hybridized carbons (Fsp3) is 0.278. The first-order valence-electron chi connectivity index (χ1n) is 7.96. The van der Waals surface area contributed by atoms with Gasteiger partial charge in [0.15, 0.2) is 5.58 Å². The number of benzene rings is 2. The van der Waals surface area contributed by atoms with E-state index >= 15 is 0 Å². The van der Waals surface area contributed by atoms with E-state index in [0.717, 1.165) is 11.3 Å². The number of anilines is 1. The van der Waals surface area contributed by atoms with Gasteiger partial charge in [0, 0.05) is 52.6 Å². The Morgan fingerprint density at radius 3 is 2.65 bits per heavy atom. The first-order valence-corrected chi connectivity index (χ1v) is 11.2. The average molecular weight is 486 g/mol. The molecule has 0 radical (unpaired) electrons. The van der Waals surface area contributed by atoms with Gasteiger partial charge >= 0.3 is 0 Å². The Kier molecular flexibility index (Phi) is 6.63. The largest absolute Gasteiger partial charge is 0.491 e. The van der Waals surface area contributed by atoms with Gasteiger partial charge in [-0.15, -0.1) is 0 Å². The molecule has 0 bridgehead atoms. The van der Waals surface area contributed by atoms with Crippen LogP contribution >= 0.6 is 30.4 Å². The summed E-state index contributed by atoms with van der Waals surface area (Å²) in [6, 6.07) is 13.4. The van der Waals surface area contributed by atoms with Crippen LogP contribution in [0.2, 0.25) is 0 Å². The summed E-state index contributed by atoms with van der Waals surface area (Å²) in [6.07, 6.45) is -0.684. The minimum absolute atomic E-state index is 0.152. The Morgan fingerprint density at radius 2 is 1.96 bits per heavy atom. The summed E-state index contributed by atoms with van der Waals surface area (Å²) >= 11 is 2.00. The fourth-order valence-corrected chi connectivity index (χ4v) is 3.02. The monoisotopic (exact) mass is 486 g/mol. The van der Waals surface area contributed by atoms with E-state index in [0.29, 0.717) is 22.7 Å². The lowest BCUT2D eigenvalue weighted by molar-refractivity contribution is 0.0707. The summed E-state index contributed by atoms with van der Waals surface area (Å²) in [7, 11) is 5.19. The van der Waals surface area contributed by atoms with Gasteiger partial charge < -0.3 is 23.3 Å². The summed E-state index contributed by atoms with van der Waals surface area (Å²) < 4.78 is 16.5. The molecule has 0 saturated heterocycles. The van der Waals surface area contributed by atoms with Crippen LogP contribution in [-0.2, 0) is 4.18 Å². The molecule has 138 valence electrons. The maximum Gasteiger partial charge on any atom is 0.227 e. The second-order valence-electron chi connectivity index (χ2n) is 5.90. The molecule has 1 atom stereocenters. The van der Waals surface area contributed by atoms with Gasteiger partial charge in [-0.3, -0.25) is 0 Å². The maximum atomic E-state index is 9.76.